The topological polar surface area (TPSA) is 60.6 Å². The Morgan fingerprint density at radius 3 is 2.69 bits per heavy atom. The van der Waals surface area contributed by atoms with Crippen molar-refractivity contribution in [2.45, 2.75) is 0 Å². The minimum absolute atomic E-state index is 0.365. The highest BCUT2D eigenvalue weighted by Crippen LogP contribution is 2.17. The van der Waals surface area contributed by atoms with Crippen LogP contribution in [0.5, 0.6) is 0 Å². The van der Waals surface area contributed by atoms with Crippen molar-refractivity contribution in [1.82, 2.24) is 5.32 Å². The Balaban J connectivity index is 2.58. The molecule has 0 aromatic heterocycles. The third-order valence-electron chi connectivity index (χ3n) is 1.66. The van der Waals surface area contributed by atoms with Crippen molar-refractivity contribution in [3.8, 4) is 0 Å². The standard InChI is InChI=1S/C9H5N2O2/c12-8-5-10-9(13)6-3-1-2-4-7(6)11-8/h1-5H. The van der Waals surface area contributed by atoms with Crippen LogP contribution in [-0.4, -0.2) is 18.0 Å². The molecule has 63 valence electrons. The number of hydrogen-bond acceptors (Lipinski definition) is 2. The number of aliphatic imine (C=N–C) groups is 1. The average Bonchev–Trinajstić information content (AvgIpc) is 2.27. The van der Waals surface area contributed by atoms with Gasteiger partial charge in [-0.15, -0.1) is 0 Å². The smallest absolute Gasteiger partial charge is 0.267 e. The van der Waals surface area contributed by atoms with Gasteiger partial charge in [0.25, 0.3) is 11.8 Å². The van der Waals surface area contributed by atoms with Crippen molar-refractivity contribution in [3.05, 3.63) is 29.8 Å². The molecule has 0 bridgehead atoms. The van der Waals surface area contributed by atoms with E-state index in [1.54, 1.807) is 24.3 Å². The fourth-order valence-electron chi connectivity index (χ4n) is 1.08. The third-order valence-corrected chi connectivity index (χ3v) is 1.66. The number of carbonyl (C=O) groups excluding carboxylic acids is 2. The third kappa shape index (κ3) is 1.33. The first kappa shape index (κ1) is 7.67. The molecule has 1 aromatic carbocycles. The molecule has 0 saturated carbocycles. The molecule has 1 aliphatic rings. The number of nitrogens with zero attached hydrogens (tertiary/aromatic N) is 2. The van der Waals surface area contributed by atoms with Crippen LogP contribution in [0.15, 0.2) is 29.3 Å². The highest BCUT2D eigenvalue weighted by molar-refractivity contribution is 6.31. The Labute approximate surface area is 74.3 Å². The number of fused-ring (bicyclic) bond motifs is 1. The second-order valence-electron chi connectivity index (χ2n) is 2.53. The number of rotatable bonds is 0. The second-order valence-corrected chi connectivity index (χ2v) is 2.53. The maximum absolute atomic E-state index is 11.2. The summed E-state index contributed by atoms with van der Waals surface area (Å²) in [6.45, 7) is 0. The van der Waals surface area contributed by atoms with Crippen LogP contribution in [0.3, 0.4) is 0 Å². The minimum Gasteiger partial charge on any atom is -0.267 e. The monoisotopic (exact) mass is 173 g/mol. The SMILES string of the molecule is O=C1C=NC(=O)c2ccccc2[N]1. The molecule has 0 spiro atoms. The van der Waals surface area contributed by atoms with Gasteiger partial charge in [-0.3, -0.25) is 9.59 Å². The lowest BCUT2D eigenvalue weighted by atomic mass is 10.2. The van der Waals surface area contributed by atoms with Gasteiger partial charge in [-0.1, -0.05) is 12.1 Å². The summed E-state index contributed by atoms with van der Waals surface area (Å²) in [7, 11) is 0. The molecule has 13 heavy (non-hydrogen) atoms. The minimum atomic E-state index is -0.502. The zero-order valence-electron chi connectivity index (χ0n) is 6.60. The summed E-state index contributed by atoms with van der Waals surface area (Å²) >= 11 is 0. The van der Waals surface area contributed by atoms with E-state index in [1.165, 1.54) is 0 Å². The van der Waals surface area contributed by atoms with Gasteiger partial charge in [0.2, 0.25) is 0 Å². The molecule has 2 amide bonds. The second kappa shape index (κ2) is 2.82. The molecule has 1 aromatic rings. The summed E-state index contributed by atoms with van der Waals surface area (Å²) in [5.74, 6) is -0.927. The van der Waals surface area contributed by atoms with Crippen LogP contribution >= 0.6 is 0 Å². The molecule has 1 aliphatic heterocycles. The Kier molecular flexibility index (Phi) is 1.66. The summed E-state index contributed by atoms with van der Waals surface area (Å²) in [5.41, 5.74) is 0.750. The van der Waals surface area contributed by atoms with Crippen LogP contribution in [0.4, 0.5) is 5.69 Å². The van der Waals surface area contributed by atoms with Crippen LogP contribution in [0.2, 0.25) is 0 Å². The van der Waals surface area contributed by atoms with Gasteiger partial charge in [-0.05, 0) is 12.1 Å². The van der Waals surface area contributed by atoms with Crippen molar-refractivity contribution in [1.29, 1.82) is 0 Å². The van der Waals surface area contributed by atoms with Gasteiger partial charge in [0.05, 0.1) is 17.5 Å². The molecule has 0 N–H and O–H groups in total. The number of benzene rings is 1. The fourth-order valence-corrected chi connectivity index (χ4v) is 1.08. The van der Waals surface area contributed by atoms with Crippen molar-refractivity contribution in [2.75, 3.05) is 0 Å². The lowest BCUT2D eigenvalue weighted by Crippen LogP contribution is -2.10. The molecule has 0 unspecified atom stereocenters. The highest BCUT2D eigenvalue weighted by atomic mass is 16.2. The lowest BCUT2D eigenvalue weighted by molar-refractivity contribution is -0.113. The molecule has 0 aliphatic carbocycles. The van der Waals surface area contributed by atoms with E-state index in [-0.39, 0.29) is 0 Å². The van der Waals surface area contributed by atoms with Crippen LogP contribution in [0.25, 0.3) is 0 Å². The van der Waals surface area contributed by atoms with E-state index >= 15 is 0 Å². The van der Waals surface area contributed by atoms with Crippen molar-refractivity contribution < 1.29 is 9.59 Å². The summed E-state index contributed by atoms with van der Waals surface area (Å²) in [5, 5.41) is 3.68. The highest BCUT2D eigenvalue weighted by Gasteiger charge is 2.16. The van der Waals surface area contributed by atoms with E-state index < -0.39 is 11.8 Å². The maximum atomic E-state index is 11.2. The quantitative estimate of drug-likeness (QED) is 0.579. The Bertz CT molecular complexity index is 410. The molecule has 4 nitrogen and oxygen atoms in total. The van der Waals surface area contributed by atoms with Gasteiger partial charge >= 0.3 is 0 Å². The molecule has 0 fully saturated rings. The van der Waals surface area contributed by atoms with Gasteiger partial charge in [-0.2, -0.15) is 0 Å². The molecule has 4 heteroatoms. The Morgan fingerprint density at radius 1 is 1.08 bits per heavy atom. The van der Waals surface area contributed by atoms with Crippen LogP contribution in [0, 0.1) is 0 Å². The first-order valence-corrected chi connectivity index (χ1v) is 3.70. The first-order valence-electron chi connectivity index (χ1n) is 3.70. The summed E-state index contributed by atoms with van der Waals surface area (Å²) in [4.78, 5) is 25.6. The summed E-state index contributed by atoms with van der Waals surface area (Å²) in [6, 6.07) is 6.63. The fraction of sp³-hybridized carbons (Fsp3) is 0. The number of hydrogen-bond donors (Lipinski definition) is 0. The van der Waals surface area contributed by atoms with Crippen LogP contribution in [-0.2, 0) is 4.79 Å². The number of amides is 2. The van der Waals surface area contributed by atoms with Gasteiger partial charge in [0.15, 0.2) is 0 Å². The van der Waals surface area contributed by atoms with E-state index in [0.717, 1.165) is 6.21 Å². The Hall–Kier alpha value is -1.97. The largest absolute Gasteiger partial charge is 0.288 e. The van der Waals surface area contributed by atoms with E-state index in [0.29, 0.717) is 11.3 Å². The molecular formula is C9H5N2O2. The lowest BCUT2D eigenvalue weighted by Gasteiger charge is -1.99. The van der Waals surface area contributed by atoms with Crippen molar-refractivity contribution in [2.24, 2.45) is 4.99 Å². The van der Waals surface area contributed by atoms with Gasteiger partial charge < -0.3 is 0 Å². The zero-order chi connectivity index (χ0) is 9.26. The average molecular weight is 173 g/mol. The zero-order valence-corrected chi connectivity index (χ0v) is 6.60. The molecule has 1 heterocycles. The molecular weight excluding hydrogens is 168 g/mol. The van der Waals surface area contributed by atoms with E-state index in [9.17, 15) is 9.59 Å². The molecule has 1 radical (unpaired) electrons. The normalized spacial score (nSPS) is 14.8. The summed E-state index contributed by atoms with van der Waals surface area (Å²) < 4.78 is 0. The van der Waals surface area contributed by atoms with Gasteiger partial charge in [0, 0.05) is 0 Å². The predicted octanol–water partition coefficient (Wildman–Crippen LogP) is 0.674. The van der Waals surface area contributed by atoms with Crippen LogP contribution in [0.1, 0.15) is 10.4 Å². The van der Waals surface area contributed by atoms with Gasteiger partial charge in [0.1, 0.15) is 0 Å². The van der Waals surface area contributed by atoms with Crippen LogP contribution < -0.4 is 5.32 Å². The van der Waals surface area contributed by atoms with E-state index in [4.69, 9.17) is 0 Å². The first-order chi connectivity index (χ1) is 6.27. The predicted molar refractivity (Wildman–Crippen MR) is 46.1 cm³/mol. The molecule has 0 saturated heterocycles. The molecule has 0 atom stereocenters. The Morgan fingerprint density at radius 2 is 1.85 bits per heavy atom. The van der Waals surface area contributed by atoms with Crippen molar-refractivity contribution >= 4 is 23.7 Å². The maximum Gasteiger partial charge on any atom is 0.288 e. The van der Waals surface area contributed by atoms with Crippen molar-refractivity contribution in [3.63, 3.8) is 0 Å². The van der Waals surface area contributed by atoms with E-state index in [2.05, 4.69) is 10.3 Å². The number of carbonyl (C=O) groups is 2. The summed E-state index contributed by atoms with van der Waals surface area (Å²) in [6.07, 6.45) is 0.933. The van der Waals surface area contributed by atoms with E-state index in [1.807, 2.05) is 0 Å². The number of para-hydroxylation sites is 1. The molecule has 2 rings (SSSR count). The van der Waals surface area contributed by atoms with Gasteiger partial charge in [-0.25, -0.2) is 10.3 Å².